The van der Waals surface area contributed by atoms with Crippen LogP contribution in [0.5, 0.6) is 0 Å². The zero-order chi connectivity index (χ0) is 16.0. The fourth-order valence-electron chi connectivity index (χ4n) is 4.32. The lowest BCUT2D eigenvalue weighted by Crippen LogP contribution is -2.34. The molecule has 3 aliphatic rings. The van der Waals surface area contributed by atoms with Crippen molar-refractivity contribution in [1.82, 2.24) is 10.2 Å². The largest absolute Gasteiger partial charge is 0.342 e. The van der Waals surface area contributed by atoms with E-state index in [1.807, 2.05) is 4.90 Å². The Hall–Kier alpha value is -1.20. The zero-order valence-corrected chi connectivity index (χ0v) is 14.3. The van der Waals surface area contributed by atoms with Crippen LogP contribution in [0.1, 0.15) is 30.7 Å². The summed E-state index contributed by atoms with van der Waals surface area (Å²) in [7, 11) is 0. The van der Waals surface area contributed by atoms with Crippen molar-refractivity contribution in [2.75, 3.05) is 26.2 Å². The molecule has 1 aromatic rings. The van der Waals surface area contributed by atoms with Crippen molar-refractivity contribution in [2.24, 2.45) is 17.8 Å². The van der Waals surface area contributed by atoms with Gasteiger partial charge in [-0.2, -0.15) is 0 Å². The second-order valence-corrected chi connectivity index (χ2v) is 7.17. The van der Waals surface area contributed by atoms with Crippen LogP contribution < -0.4 is 5.32 Å². The molecule has 4 atom stereocenters. The van der Waals surface area contributed by atoms with Crippen LogP contribution in [0.15, 0.2) is 18.2 Å². The lowest BCUT2D eigenvalue weighted by Gasteiger charge is -2.21. The minimum atomic E-state index is -0.526. The molecular weight excluding hydrogens is 334 g/mol. The van der Waals surface area contributed by atoms with Crippen LogP contribution in [0.4, 0.5) is 8.78 Å². The molecular formula is C18H23ClF2N2O. The molecule has 3 nitrogen and oxygen atoms in total. The average Bonchev–Trinajstić information content (AvgIpc) is 3.23. The van der Waals surface area contributed by atoms with E-state index < -0.39 is 11.6 Å². The molecule has 1 saturated carbocycles. The van der Waals surface area contributed by atoms with Gasteiger partial charge in [-0.3, -0.25) is 4.79 Å². The number of hydrogen-bond donors (Lipinski definition) is 1. The summed E-state index contributed by atoms with van der Waals surface area (Å²) in [6.07, 6.45) is 2.64. The van der Waals surface area contributed by atoms with Crippen molar-refractivity contribution < 1.29 is 13.6 Å². The van der Waals surface area contributed by atoms with Gasteiger partial charge in [-0.25, -0.2) is 8.78 Å². The third-order valence-electron chi connectivity index (χ3n) is 5.81. The van der Waals surface area contributed by atoms with Gasteiger partial charge in [0.2, 0.25) is 5.91 Å². The Morgan fingerprint density at radius 2 is 1.67 bits per heavy atom. The molecule has 0 bridgehead atoms. The van der Waals surface area contributed by atoms with Crippen LogP contribution in [0.25, 0.3) is 0 Å². The molecule has 1 aromatic carbocycles. The molecule has 1 N–H and O–H groups in total. The fourth-order valence-corrected chi connectivity index (χ4v) is 4.32. The van der Waals surface area contributed by atoms with Crippen molar-refractivity contribution in [1.29, 1.82) is 0 Å². The molecule has 2 unspecified atom stereocenters. The first-order valence-corrected chi connectivity index (χ1v) is 8.58. The van der Waals surface area contributed by atoms with Crippen molar-refractivity contribution >= 4 is 18.3 Å². The Labute approximate surface area is 147 Å². The minimum absolute atomic E-state index is 0. The number of nitrogens with one attached hydrogen (secondary N) is 1. The second kappa shape index (κ2) is 6.96. The molecule has 1 aliphatic carbocycles. The summed E-state index contributed by atoms with van der Waals surface area (Å²) in [6, 6.07) is 3.92. The van der Waals surface area contributed by atoms with Gasteiger partial charge in [0, 0.05) is 30.5 Å². The Morgan fingerprint density at radius 1 is 1.08 bits per heavy atom. The normalized spacial score (nSPS) is 31.8. The molecule has 2 saturated heterocycles. The van der Waals surface area contributed by atoms with E-state index in [9.17, 15) is 13.6 Å². The molecule has 2 aliphatic heterocycles. The summed E-state index contributed by atoms with van der Waals surface area (Å²) in [6.45, 7) is 3.67. The monoisotopic (exact) mass is 356 g/mol. The molecule has 0 aromatic heterocycles. The van der Waals surface area contributed by atoms with Crippen LogP contribution >= 0.6 is 12.4 Å². The molecule has 132 valence electrons. The highest BCUT2D eigenvalue weighted by atomic mass is 35.5. The summed E-state index contributed by atoms with van der Waals surface area (Å²) in [5.41, 5.74) is 0.0988. The number of carbonyl (C=O) groups excluding carboxylic acids is 1. The van der Waals surface area contributed by atoms with Gasteiger partial charge >= 0.3 is 0 Å². The van der Waals surface area contributed by atoms with Crippen LogP contribution in [0.2, 0.25) is 0 Å². The Morgan fingerprint density at radius 3 is 2.25 bits per heavy atom. The number of likely N-dealkylation sites (tertiary alicyclic amines) is 1. The van der Waals surface area contributed by atoms with E-state index in [-0.39, 0.29) is 35.7 Å². The minimum Gasteiger partial charge on any atom is -0.342 e. The number of nitrogens with zero attached hydrogens (tertiary/aromatic N) is 1. The van der Waals surface area contributed by atoms with Gasteiger partial charge in [0.25, 0.3) is 0 Å². The van der Waals surface area contributed by atoms with Crippen molar-refractivity contribution in [2.45, 2.75) is 25.2 Å². The van der Waals surface area contributed by atoms with E-state index in [1.165, 1.54) is 18.2 Å². The molecule has 3 fully saturated rings. The van der Waals surface area contributed by atoms with Crippen LogP contribution in [0, 0.1) is 29.4 Å². The van der Waals surface area contributed by atoms with Gasteiger partial charge in [0.05, 0.1) is 0 Å². The third kappa shape index (κ3) is 3.16. The maximum absolute atomic E-state index is 13.9. The zero-order valence-electron chi connectivity index (χ0n) is 13.5. The fraction of sp³-hybridized carbons (Fsp3) is 0.611. The van der Waals surface area contributed by atoms with Crippen LogP contribution in [-0.4, -0.2) is 37.0 Å². The van der Waals surface area contributed by atoms with Gasteiger partial charge in [-0.05, 0) is 56.3 Å². The summed E-state index contributed by atoms with van der Waals surface area (Å²) < 4.78 is 27.7. The standard InChI is InChI=1S/C18H22F2N2O.ClH/c19-15-2-1-3-16(20)17(15)13-8-14(13)18(23)22-6-4-11-9-21-10-12(11)5-7-22;/h1-3,11-14,21H,4-10H2;1H/t11-,12+,13?,14?;. The van der Waals surface area contributed by atoms with E-state index >= 15 is 0 Å². The Kier molecular flexibility index (Phi) is 5.11. The van der Waals surface area contributed by atoms with Gasteiger partial charge < -0.3 is 10.2 Å². The first-order valence-electron chi connectivity index (χ1n) is 8.58. The molecule has 4 rings (SSSR count). The molecule has 6 heteroatoms. The first-order chi connectivity index (χ1) is 11.1. The van der Waals surface area contributed by atoms with Crippen LogP contribution in [0.3, 0.4) is 0 Å². The lowest BCUT2D eigenvalue weighted by molar-refractivity contribution is -0.132. The molecule has 0 radical (unpaired) electrons. The number of fused-ring (bicyclic) bond motifs is 1. The second-order valence-electron chi connectivity index (χ2n) is 7.17. The maximum Gasteiger partial charge on any atom is 0.226 e. The molecule has 2 heterocycles. The SMILES string of the molecule is Cl.O=C(C1CC1c1c(F)cccc1F)N1CC[C@@H]2CNC[C@@H]2CC1. The number of halogens is 3. The highest BCUT2D eigenvalue weighted by Crippen LogP contribution is 2.50. The highest BCUT2D eigenvalue weighted by Gasteiger charge is 2.48. The number of amides is 1. The topological polar surface area (TPSA) is 32.3 Å². The van der Waals surface area contributed by atoms with Gasteiger partial charge in [0.15, 0.2) is 0 Å². The Bertz CT molecular complexity index is 593. The van der Waals surface area contributed by atoms with E-state index in [1.54, 1.807) is 0 Å². The average molecular weight is 357 g/mol. The van der Waals surface area contributed by atoms with E-state index in [0.29, 0.717) is 18.3 Å². The molecule has 1 amide bonds. The molecule has 0 spiro atoms. The van der Waals surface area contributed by atoms with Gasteiger partial charge in [0.1, 0.15) is 11.6 Å². The van der Waals surface area contributed by atoms with Crippen molar-refractivity contribution in [3.63, 3.8) is 0 Å². The predicted octanol–water partition coefficient (Wildman–Crippen LogP) is 2.95. The number of hydrogen-bond acceptors (Lipinski definition) is 2. The lowest BCUT2D eigenvalue weighted by atomic mass is 9.92. The summed E-state index contributed by atoms with van der Waals surface area (Å²) in [4.78, 5) is 14.6. The smallest absolute Gasteiger partial charge is 0.226 e. The predicted molar refractivity (Wildman–Crippen MR) is 90.1 cm³/mol. The maximum atomic E-state index is 13.9. The third-order valence-corrected chi connectivity index (χ3v) is 5.81. The summed E-state index contributed by atoms with van der Waals surface area (Å²) in [5.74, 6) is -0.140. The molecule has 24 heavy (non-hydrogen) atoms. The number of rotatable bonds is 2. The first kappa shape index (κ1) is 17.6. The number of benzene rings is 1. The Balaban J connectivity index is 0.00000169. The quantitative estimate of drug-likeness (QED) is 0.883. The summed E-state index contributed by atoms with van der Waals surface area (Å²) >= 11 is 0. The summed E-state index contributed by atoms with van der Waals surface area (Å²) in [5, 5.41) is 3.43. The van der Waals surface area contributed by atoms with Gasteiger partial charge in [-0.1, -0.05) is 6.07 Å². The van der Waals surface area contributed by atoms with Crippen molar-refractivity contribution in [3.8, 4) is 0 Å². The van der Waals surface area contributed by atoms with Gasteiger partial charge in [-0.15, -0.1) is 12.4 Å². The highest BCUT2D eigenvalue weighted by molar-refractivity contribution is 5.85. The van der Waals surface area contributed by atoms with E-state index in [2.05, 4.69) is 5.32 Å². The van der Waals surface area contributed by atoms with E-state index in [4.69, 9.17) is 0 Å². The van der Waals surface area contributed by atoms with Crippen LogP contribution in [-0.2, 0) is 4.79 Å². The van der Waals surface area contributed by atoms with E-state index in [0.717, 1.165) is 39.0 Å². The number of carbonyl (C=O) groups is 1. The van der Waals surface area contributed by atoms with Crippen molar-refractivity contribution in [3.05, 3.63) is 35.4 Å².